The highest BCUT2D eigenvalue weighted by Gasteiger charge is 2.37. The van der Waals surface area contributed by atoms with Gasteiger partial charge in [0.05, 0.1) is 12.2 Å². The second kappa shape index (κ2) is 6.88. The van der Waals surface area contributed by atoms with E-state index in [2.05, 4.69) is 33.8 Å². The van der Waals surface area contributed by atoms with Crippen molar-refractivity contribution in [1.29, 1.82) is 0 Å². The Morgan fingerprint density at radius 2 is 1.54 bits per heavy atom. The first-order valence-corrected chi connectivity index (χ1v) is 9.18. The number of hydrogen-bond donors (Lipinski definition) is 0. The minimum Gasteiger partial charge on any atom is -0.423 e. The number of methoxy groups -OCH3 is 1. The zero-order valence-electron chi connectivity index (χ0n) is 16.4. The van der Waals surface area contributed by atoms with E-state index in [4.69, 9.17) is 9.47 Å². The molecule has 0 unspecified atom stereocenters. The smallest absolute Gasteiger partial charge is 0.343 e. The standard InChI is InChI=1S/C23H28O3/c1-22(2)12-13-23(3,4)20-14-17(8-11-19(20)22)21(24)26-18-9-6-16(7-10-18)15-25-5/h6-11,14H,12-13,15H2,1-5H3. The molecule has 0 saturated carbocycles. The fraction of sp³-hybridized carbons (Fsp3) is 0.435. The fourth-order valence-electron chi connectivity index (χ4n) is 3.70. The molecule has 0 spiro atoms. The van der Waals surface area contributed by atoms with E-state index in [1.165, 1.54) is 11.1 Å². The Kier molecular flexibility index (Phi) is 4.94. The largest absolute Gasteiger partial charge is 0.423 e. The molecular weight excluding hydrogens is 324 g/mol. The molecule has 0 fully saturated rings. The Labute approximate surface area is 156 Å². The van der Waals surface area contributed by atoms with Crippen molar-refractivity contribution in [3.63, 3.8) is 0 Å². The summed E-state index contributed by atoms with van der Waals surface area (Å²) in [7, 11) is 1.66. The van der Waals surface area contributed by atoms with Gasteiger partial charge in [0.25, 0.3) is 0 Å². The van der Waals surface area contributed by atoms with E-state index < -0.39 is 0 Å². The van der Waals surface area contributed by atoms with Gasteiger partial charge in [-0.3, -0.25) is 0 Å². The summed E-state index contributed by atoms with van der Waals surface area (Å²) in [6.07, 6.45) is 2.27. The molecule has 0 bridgehead atoms. The monoisotopic (exact) mass is 352 g/mol. The lowest BCUT2D eigenvalue weighted by Gasteiger charge is -2.41. The minimum absolute atomic E-state index is 0.0724. The summed E-state index contributed by atoms with van der Waals surface area (Å²) in [6, 6.07) is 13.4. The average molecular weight is 352 g/mol. The molecule has 0 aromatic heterocycles. The zero-order chi connectivity index (χ0) is 18.9. The maximum atomic E-state index is 12.6. The number of ether oxygens (including phenoxy) is 2. The minimum atomic E-state index is -0.313. The molecule has 138 valence electrons. The second-order valence-electron chi connectivity index (χ2n) is 8.49. The average Bonchev–Trinajstić information content (AvgIpc) is 2.61. The van der Waals surface area contributed by atoms with Gasteiger partial charge in [-0.15, -0.1) is 0 Å². The van der Waals surface area contributed by atoms with Crippen LogP contribution in [0.3, 0.4) is 0 Å². The van der Waals surface area contributed by atoms with Gasteiger partial charge in [-0.2, -0.15) is 0 Å². The number of hydrogen-bond acceptors (Lipinski definition) is 3. The fourth-order valence-corrected chi connectivity index (χ4v) is 3.70. The summed E-state index contributed by atoms with van der Waals surface area (Å²) in [5.74, 6) is 0.235. The highest BCUT2D eigenvalue weighted by Crippen LogP contribution is 2.45. The Balaban J connectivity index is 1.84. The van der Waals surface area contributed by atoms with Crippen molar-refractivity contribution < 1.29 is 14.3 Å². The van der Waals surface area contributed by atoms with Crippen LogP contribution >= 0.6 is 0 Å². The van der Waals surface area contributed by atoms with Crippen molar-refractivity contribution in [2.45, 2.75) is 58.0 Å². The van der Waals surface area contributed by atoms with E-state index in [1.807, 2.05) is 24.3 Å². The predicted molar refractivity (Wildman–Crippen MR) is 104 cm³/mol. The highest BCUT2D eigenvalue weighted by atomic mass is 16.5. The van der Waals surface area contributed by atoms with E-state index >= 15 is 0 Å². The van der Waals surface area contributed by atoms with Gasteiger partial charge >= 0.3 is 5.97 Å². The van der Waals surface area contributed by atoms with Crippen LogP contribution in [0.4, 0.5) is 0 Å². The van der Waals surface area contributed by atoms with Gasteiger partial charge in [0, 0.05) is 7.11 Å². The van der Waals surface area contributed by atoms with Crippen LogP contribution < -0.4 is 4.74 Å². The number of benzene rings is 2. The van der Waals surface area contributed by atoms with Gasteiger partial charge in [0.1, 0.15) is 5.75 Å². The van der Waals surface area contributed by atoms with Gasteiger partial charge in [0.2, 0.25) is 0 Å². The van der Waals surface area contributed by atoms with Gasteiger partial charge < -0.3 is 9.47 Å². The zero-order valence-corrected chi connectivity index (χ0v) is 16.4. The van der Waals surface area contributed by atoms with E-state index in [0.29, 0.717) is 17.9 Å². The number of carbonyl (C=O) groups is 1. The molecule has 0 heterocycles. The second-order valence-corrected chi connectivity index (χ2v) is 8.49. The summed E-state index contributed by atoms with van der Waals surface area (Å²) in [5, 5.41) is 0. The normalized spacial score (nSPS) is 17.4. The van der Waals surface area contributed by atoms with Crippen molar-refractivity contribution in [2.24, 2.45) is 0 Å². The first-order chi connectivity index (χ1) is 12.2. The maximum absolute atomic E-state index is 12.6. The number of fused-ring (bicyclic) bond motifs is 1. The van der Waals surface area contributed by atoms with E-state index in [-0.39, 0.29) is 16.8 Å². The molecule has 0 atom stereocenters. The lowest BCUT2D eigenvalue weighted by atomic mass is 9.63. The third kappa shape index (κ3) is 3.68. The number of esters is 1. The molecule has 0 radical (unpaired) electrons. The lowest BCUT2D eigenvalue weighted by molar-refractivity contribution is 0.0734. The topological polar surface area (TPSA) is 35.5 Å². The molecule has 0 amide bonds. The molecule has 2 aromatic carbocycles. The molecule has 26 heavy (non-hydrogen) atoms. The van der Waals surface area contributed by atoms with Crippen molar-refractivity contribution in [2.75, 3.05) is 7.11 Å². The summed E-state index contributed by atoms with van der Waals surface area (Å²) in [5.41, 5.74) is 4.47. The summed E-state index contributed by atoms with van der Waals surface area (Å²) < 4.78 is 10.7. The third-order valence-corrected chi connectivity index (χ3v) is 5.53. The first-order valence-electron chi connectivity index (χ1n) is 9.18. The molecule has 1 aliphatic rings. The van der Waals surface area contributed by atoms with Crippen LogP contribution in [0.25, 0.3) is 0 Å². The Bertz CT molecular complexity index is 801. The maximum Gasteiger partial charge on any atom is 0.343 e. The lowest BCUT2D eigenvalue weighted by Crippen LogP contribution is -2.34. The summed E-state index contributed by atoms with van der Waals surface area (Å²) >= 11 is 0. The molecule has 0 saturated heterocycles. The van der Waals surface area contributed by atoms with Crippen LogP contribution in [0, 0.1) is 0 Å². The van der Waals surface area contributed by atoms with Crippen molar-refractivity contribution in [1.82, 2.24) is 0 Å². The van der Waals surface area contributed by atoms with Crippen molar-refractivity contribution >= 4 is 5.97 Å². The molecular formula is C23H28O3. The molecule has 1 aliphatic carbocycles. The van der Waals surface area contributed by atoms with E-state index in [9.17, 15) is 4.79 Å². The van der Waals surface area contributed by atoms with Crippen molar-refractivity contribution in [3.8, 4) is 5.75 Å². The number of rotatable bonds is 4. The highest BCUT2D eigenvalue weighted by molar-refractivity contribution is 5.91. The third-order valence-electron chi connectivity index (χ3n) is 5.53. The van der Waals surface area contributed by atoms with E-state index in [1.54, 1.807) is 19.2 Å². The Morgan fingerprint density at radius 1 is 0.923 bits per heavy atom. The van der Waals surface area contributed by atoms with Gasteiger partial charge in [0.15, 0.2) is 0 Å². The first kappa shape index (κ1) is 18.7. The van der Waals surface area contributed by atoms with Crippen molar-refractivity contribution in [3.05, 3.63) is 64.7 Å². The van der Waals surface area contributed by atoms with Crippen LogP contribution in [-0.4, -0.2) is 13.1 Å². The summed E-state index contributed by atoms with van der Waals surface area (Å²) in [4.78, 5) is 12.6. The van der Waals surface area contributed by atoms with Crippen LogP contribution in [0.2, 0.25) is 0 Å². The molecule has 0 N–H and O–H groups in total. The predicted octanol–water partition coefficient (Wildman–Crippen LogP) is 5.40. The molecule has 3 rings (SSSR count). The van der Waals surface area contributed by atoms with Crippen LogP contribution in [0.1, 0.15) is 67.6 Å². The SMILES string of the molecule is COCc1ccc(OC(=O)c2ccc3c(c2)C(C)(C)CCC3(C)C)cc1. The Hall–Kier alpha value is -2.13. The molecule has 2 aromatic rings. The van der Waals surface area contributed by atoms with Gasteiger partial charge in [-0.1, -0.05) is 45.9 Å². The molecule has 3 nitrogen and oxygen atoms in total. The van der Waals surface area contributed by atoms with Gasteiger partial charge in [-0.05, 0) is 64.6 Å². The number of carbonyl (C=O) groups excluding carboxylic acids is 1. The van der Waals surface area contributed by atoms with E-state index in [0.717, 1.165) is 18.4 Å². The molecule has 0 aliphatic heterocycles. The van der Waals surface area contributed by atoms with Crippen LogP contribution in [0.5, 0.6) is 5.75 Å². The molecule has 3 heteroatoms. The van der Waals surface area contributed by atoms with Crippen LogP contribution in [-0.2, 0) is 22.2 Å². The Morgan fingerprint density at radius 3 is 2.15 bits per heavy atom. The quantitative estimate of drug-likeness (QED) is 0.546. The van der Waals surface area contributed by atoms with Gasteiger partial charge in [-0.25, -0.2) is 4.79 Å². The van der Waals surface area contributed by atoms with Crippen LogP contribution in [0.15, 0.2) is 42.5 Å². The summed E-state index contributed by atoms with van der Waals surface area (Å²) in [6.45, 7) is 9.61.